The summed E-state index contributed by atoms with van der Waals surface area (Å²) in [4.78, 5) is 17.4. The fourth-order valence-electron chi connectivity index (χ4n) is 4.12. The van der Waals surface area contributed by atoms with Crippen molar-refractivity contribution in [2.45, 2.75) is 62.8 Å². The van der Waals surface area contributed by atoms with Gasteiger partial charge in [0.2, 0.25) is 0 Å². The molecule has 3 atom stereocenters. The number of carbonyl (C=O) groups excluding carboxylic acids is 1. The van der Waals surface area contributed by atoms with Gasteiger partial charge in [0.05, 0.1) is 29.2 Å². The van der Waals surface area contributed by atoms with Gasteiger partial charge < -0.3 is 21.5 Å². The number of nitrogens with two attached hydrogens (primary N) is 2. The van der Waals surface area contributed by atoms with E-state index in [9.17, 15) is 9.18 Å². The Morgan fingerprint density at radius 3 is 2.86 bits per heavy atom. The van der Waals surface area contributed by atoms with Crippen molar-refractivity contribution < 1.29 is 13.9 Å². The van der Waals surface area contributed by atoms with E-state index in [0.717, 1.165) is 17.8 Å². The van der Waals surface area contributed by atoms with Crippen molar-refractivity contribution in [3.05, 3.63) is 22.6 Å². The third-order valence-corrected chi connectivity index (χ3v) is 6.86. The molecule has 4 rings (SSSR count). The highest BCUT2D eigenvalue weighted by molar-refractivity contribution is 7.16. The minimum atomic E-state index is -1.20. The van der Waals surface area contributed by atoms with Crippen molar-refractivity contribution >= 4 is 27.9 Å². The summed E-state index contributed by atoms with van der Waals surface area (Å²) in [6.45, 7) is -0.0752. The van der Waals surface area contributed by atoms with Gasteiger partial charge in [0.15, 0.2) is 5.69 Å². The van der Waals surface area contributed by atoms with Crippen molar-refractivity contribution in [2.75, 3.05) is 17.7 Å². The monoisotopic (exact) mass is 422 g/mol. The van der Waals surface area contributed by atoms with Crippen molar-refractivity contribution in [2.24, 2.45) is 12.8 Å². The number of nitrogens with one attached hydrogen (secondary N) is 1. The first kappa shape index (κ1) is 20.2. The van der Waals surface area contributed by atoms with E-state index < -0.39 is 18.3 Å². The van der Waals surface area contributed by atoms with Crippen LogP contribution in [-0.4, -0.2) is 39.5 Å². The molecule has 3 unspecified atom stereocenters. The molecule has 29 heavy (non-hydrogen) atoms. The highest BCUT2D eigenvalue weighted by atomic mass is 32.1. The van der Waals surface area contributed by atoms with Gasteiger partial charge in [-0.2, -0.15) is 5.10 Å². The second kappa shape index (κ2) is 8.37. The molecule has 2 aromatic rings. The number of carbonyl (C=O) groups is 1. The van der Waals surface area contributed by atoms with Crippen LogP contribution in [-0.2, 0) is 11.8 Å². The molecule has 1 amide bonds. The maximum absolute atomic E-state index is 13.9. The zero-order chi connectivity index (χ0) is 20.5. The largest absolute Gasteiger partial charge is 0.389 e. The van der Waals surface area contributed by atoms with E-state index in [1.807, 2.05) is 0 Å². The standard InChI is InChI=1S/C19H27FN6O2S/c1-26-16(14-7-6-12(21)11(20)9-28-14)13(8-23-26)24-18(27)15-17(22)29-19(25-15)10-4-2-3-5-10/h8,10-12,14H,2-7,9,21-22H2,1H3,(H,24,27). The molecule has 8 nitrogen and oxygen atoms in total. The number of amides is 1. The summed E-state index contributed by atoms with van der Waals surface area (Å²) in [7, 11) is 1.77. The van der Waals surface area contributed by atoms with E-state index in [0.29, 0.717) is 35.1 Å². The Kier molecular flexibility index (Phi) is 5.84. The van der Waals surface area contributed by atoms with Crippen molar-refractivity contribution in [1.29, 1.82) is 0 Å². The van der Waals surface area contributed by atoms with Gasteiger partial charge in [-0.25, -0.2) is 9.37 Å². The van der Waals surface area contributed by atoms with Crippen LogP contribution in [0.2, 0.25) is 0 Å². The zero-order valence-electron chi connectivity index (χ0n) is 16.4. The number of ether oxygens (including phenoxy) is 1. The first-order valence-corrected chi connectivity index (χ1v) is 10.9. The smallest absolute Gasteiger partial charge is 0.277 e. The lowest BCUT2D eigenvalue weighted by molar-refractivity contribution is 0.0247. The highest BCUT2D eigenvalue weighted by Crippen LogP contribution is 2.38. The second-order valence-corrected chi connectivity index (χ2v) is 8.91. The van der Waals surface area contributed by atoms with Crippen LogP contribution in [0.5, 0.6) is 0 Å². The average Bonchev–Trinajstić information content (AvgIpc) is 3.40. The van der Waals surface area contributed by atoms with Gasteiger partial charge in [-0.3, -0.25) is 9.48 Å². The number of aryl methyl sites for hydroxylation is 1. The van der Waals surface area contributed by atoms with Gasteiger partial charge in [0, 0.05) is 19.0 Å². The Morgan fingerprint density at radius 1 is 1.34 bits per heavy atom. The zero-order valence-corrected chi connectivity index (χ0v) is 17.3. The van der Waals surface area contributed by atoms with Gasteiger partial charge in [-0.15, -0.1) is 11.3 Å². The van der Waals surface area contributed by atoms with E-state index in [1.165, 1.54) is 24.2 Å². The summed E-state index contributed by atoms with van der Waals surface area (Å²) in [5, 5.41) is 8.47. The van der Waals surface area contributed by atoms with Crippen molar-refractivity contribution in [3.8, 4) is 0 Å². The SMILES string of the molecule is Cn1ncc(NC(=O)c2nc(C3CCCC3)sc2N)c1C1CCC(N)C(F)CO1. The summed E-state index contributed by atoms with van der Waals surface area (Å²) >= 11 is 1.40. The minimum Gasteiger partial charge on any atom is -0.389 e. The van der Waals surface area contributed by atoms with Crippen LogP contribution in [0.25, 0.3) is 0 Å². The number of hydrogen-bond acceptors (Lipinski definition) is 7. The normalized spacial score (nSPS) is 25.8. The second-order valence-electron chi connectivity index (χ2n) is 7.85. The molecule has 1 saturated carbocycles. The molecule has 2 aromatic heterocycles. The third kappa shape index (κ3) is 4.15. The summed E-state index contributed by atoms with van der Waals surface area (Å²) in [6.07, 6.45) is 5.58. The van der Waals surface area contributed by atoms with Crippen LogP contribution in [0.15, 0.2) is 6.20 Å². The molecule has 1 saturated heterocycles. The molecule has 5 N–H and O–H groups in total. The van der Waals surface area contributed by atoms with Crippen LogP contribution in [0.3, 0.4) is 0 Å². The molecular formula is C19H27FN6O2S. The Labute approximate surface area is 172 Å². The Balaban J connectivity index is 1.52. The summed E-state index contributed by atoms with van der Waals surface area (Å²) in [5.74, 6) is 0.0287. The van der Waals surface area contributed by atoms with Gasteiger partial charge in [0.25, 0.3) is 5.91 Å². The predicted octanol–water partition coefficient (Wildman–Crippen LogP) is 2.89. The van der Waals surface area contributed by atoms with Crippen LogP contribution in [0, 0.1) is 0 Å². The quantitative estimate of drug-likeness (QED) is 0.697. The third-order valence-electron chi connectivity index (χ3n) is 5.81. The molecular weight excluding hydrogens is 395 g/mol. The highest BCUT2D eigenvalue weighted by Gasteiger charge is 2.30. The maximum Gasteiger partial charge on any atom is 0.277 e. The topological polar surface area (TPSA) is 121 Å². The first-order valence-electron chi connectivity index (χ1n) is 10.0. The van der Waals surface area contributed by atoms with Crippen LogP contribution >= 0.6 is 11.3 Å². The number of alkyl halides is 1. The molecule has 0 spiro atoms. The number of nitrogen functional groups attached to an aromatic ring is 1. The predicted molar refractivity (Wildman–Crippen MR) is 110 cm³/mol. The number of nitrogens with zero attached hydrogens (tertiary/aromatic N) is 3. The summed E-state index contributed by atoms with van der Waals surface area (Å²) in [6, 6.07) is -0.546. The molecule has 0 bridgehead atoms. The summed E-state index contributed by atoms with van der Waals surface area (Å²) < 4.78 is 21.3. The van der Waals surface area contributed by atoms with E-state index in [2.05, 4.69) is 15.4 Å². The molecule has 1 aliphatic carbocycles. The summed E-state index contributed by atoms with van der Waals surface area (Å²) in [5.41, 5.74) is 13.4. The van der Waals surface area contributed by atoms with Crippen molar-refractivity contribution in [1.82, 2.24) is 14.8 Å². The van der Waals surface area contributed by atoms with E-state index in [-0.39, 0.29) is 18.2 Å². The molecule has 10 heteroatoms. The van der Waals surface area contributed by atoms with E-state index >= 15 is 0 Å². The number of anilines is 2. The van der Waals surface area contributed by atoms with Gasteiger partial charge in [-0.05, 0) is 25.7 Å². The average molecular weight is 423 g/mol. The first-order chi connectivity index (χ1) is 13.9. The Bertz CT molecular complexity index is 866. The molecule has 2 aliphatic rings. The number of aromatic nitrogens is 3. The molecule has 2 fully saturated rings. The van der Waals surface area contributed by atoms with Gasteiger partial charge in [0.1, 0.15) is 17.3 Å². The van der Waals surface area contributed by atoms with E-state index in [1.54, 1.807) is 17.9 Å². The lowest BCUT2D eigenvalue weighted by atomic mass is 10.0. The maximum atomic E-state index is 13.9. The van der Waals surface area contributed by atoms with Crippen molar-refractivity contribution in [3.63, 3.8) is 0 Å². The van der Waals surface area contributed by atoms with E-state index in [4.69, 9.17) is 16.2 Å². The molecule has 3 heterocycles. The lowest BCUT2D eigenvalue weighted by Crippen LogP contribution is -2.32. The fourth-order valence-corrected chi connectivity index (χ4v) is 5.12. The molecule has 0 aromatic carbocycles. The molecule has 1 aliphatic heterocycles. The molecule has 0 radical (unpaired) electrons. The molecule has 158 valence electrons. The van der Waals surface area contributed by atoms with Crippen LogP contribution in [0.4, 0.5) is 15.1 Å². The lowest BCUT2D eigenvalue weighted by Gasteiger charge is -2.17. The number of rotatable bonds is 4. The van der Waals surface area contributed by atoms with Crippen LogP contribution < -0.4 is 16.8 Å². The van der Waals surface area contributed by atoms with Gasteiger partial charge in [-0.1, -0.05) is 12.8 Å². The van der Waals surface area contributed by atoms with Gasteiger partial charge >= 0.3 is 0 Å². The number of halogens is 1. The number of hydrogen-bond donors (Lipinski definition) is 3. The minimum absolute atomic E-state index is 0.0752. The number of thiazole rings is 1. The Hall–Kier alpha value is -2.04. The van der Waals surface area contributed by atoms with Crippen LogP contribution in [0.1, 0.15) is 71.7 Å². The fraction of sp³-hybridized carbons (Fsp3) is 0.632. The Morgan fingerprint density at radius 2 is 2.10 bits per heavy atom.